The van der Waals surface area contributed by atoms with E-state index in [-0.39, 0.29) is 28.9 Å². The topological polar surface area (TPSA) is 129 Å². The van der Waals surface area contributed by atoms with Gasteiger partial charge in [0.05, 0.1) is 5.51 Å². The van der Waals surface area contributed by atoms with Crippen LogP contribution >= 0.6 is 11.3 Å². The van der Waals surface area contributed by atoms with E-state index in [1.165, 1.54) is 31.7 Å². The first kappa shape index (κ1) is 24.6. The number of hydrogen-bond acceptors (Lipinski definition) is 8. The Labute approximate surface area is 192 Å². The monoisotopic (exact) mass is 504 g/mol. The Morgan fingerprint density at radius 1 is 1.30 bits per heavy atom. The van der Waals surface area contributed by atoms with Gasteiger partial charge in [-0.15, -0.1) is 15.6 Å². The number of ether oxygens (including phenoxy) is 1. The molecule has 1 aliphatic rings. The van der Waals surface area contributed by atoms with Gasteiger partial charge in [-0.2, -0.15) is 0 Å². The second kappa shape index (κ2) is 9.09. The lowest BCUT2D eigenvalue weighted by Crippen LogP contribution is -2.41. The summed E-state index contributed by atoms with van der Waals surface area (Å²) in [5, 5.41) is 13.0. The minimum absolute atomic E-state index is 0.0707. The van der Waals surface area contributed by atoms with Gasteiger partial charge in [0, 0.05) is 30.2 Å². The maximum atomic E-state index is 14.9. The van der Waals surface area contributed by atoms with Crippen LogP contribution in [0.3, 0.4) is 0 Å². The number of nitrogens with one attached hydrogen (secondary N) is 1. The largest absolute Gasteiger partial charge is 0.465 e. The van der Waals surface area contributed by atoms with Gasteiger partial charge in [0.2, 0.25) is 0 Å². The number of carboxylic acid groups (broad SMARTS) is 1. The van der Waals surface area contributed by atoms with E-state index in [9.17, 15) is 26.8 Å². The summed E-state index contributed by atoms with van der Waals surface area (Å²) in [5.41, 5.74) is 0.0968. The Hall–Kier alpha value is -3.00. The highest BCUT2D eigenvalue weighted by molar-refractivity contribution is 7.93. The molecule has 2 aromatic rings. The van der Waals surface area contributed by atoms with Crippen molar-refractivity contribution in [2.24, 2.45) is 0 Å². The van der Waals surface area contributed by atoms with E-state index in [0.29, 0.717) is 6.42 Å². The first-order chi connectivity index (χ1) is 15.3. The Balaban J connectivity index is 1.94. The summed E-state index contributed by atoms with van der Waals surface area (Å²) in [6.07, 6.45) is -2.07. The maximum Gasteiger partial charge on any atom is 0.430 e. The molecule has 2 amide bonds. The number of likely N-dealkylation sites (tertiary alicyclic amines) is 1. The summed E-state index contributed by atoms with van der Waals surface area (Å²) in [4.78, 5) is 27.3. The highest BCUT2D eigenvalue weighted by Gasteiger charge is 2.40. The van der Waals surface area contributed by atoms with Crippen LogP contribution in [0, 0.1) is 11.6 Å². The SMILES string of the molecule is CC(C)(C)OC(=O)N(c1cscn1)S(=O)(=O)c1c(F)cc(N[C@H]2CCN(C(=O)O)C2)cc1F. The summed E-state index contributed by atoms with van der Waals surface area (Å²) < 4.78 is 61.5. The van der Waals surface area contributed by atoms with E-state index < -0.39 is 50.4 Å². The van der Waals surface area contributed by atoms with Crippen molar-refractivity contribution in [1.82, 2.24) is 9.88 Å². The number of hydrogen-bond donors (Lipinski definition) is 2. The molecule has 0 radical (unpaired) electrons. The number of thiazole rings is 1. The summed E-state index contributed by atoms with van der Waals surface area (Å²) in [6, 6.07) is 1.14. The maximum absolute atomic E-state index is 14.9. The number of anilines is 2. The fourth-order valence-corrected chi connectivity index (χ4v) is 5.15. The molecule has 0 bridgehead atoms. The van der Waals surface area contributed by atoms with Gasteiger partial charge in [-0.25, -0.2) is 31.8 Å². The third kappa shape index (κ3) is 5.50. The molecule has 1 aromatic carbocycles. The lowest BCUT2D eigenvalue weighted by molar-refractivity contribution is 0.0608. The quantitative estimate of drug-likeness (QED) is 0.630. The van der Waals surface area contributed by atoms with Crippen LogP contribution in [0.4, 0.5) is 29.9 Å². The van der Waals surface area contributed by atoms with Crippen LogP contribution in [-0.4, -0.2) is 60.3 Å². The fraction of sp³-hybridized carbons (Fsp3) is 0.421. The predicted octanol–water partition coefficient (Wildman–Crippen LogP) is 3.72. The zero-order chi connectivity index (χ0) is 24.6. The number of halogens is 2. The fourth-order valence-electron chi connectivity index (χ4n) is 3.19. The number of benzene rings is 1. The van der Waals surface area contributed by atoms with Gasteiger partial charge in [-0.3, -0.25) is 0 Å². The zero-order valence-corrected chi connectivity index (χ0v) is 19.5. The number of rotatable bonds is 5. The van der Waals surface area contributed by atoms with Crippen LogP contribution < -0.4 is 9.62 Å². The van der Waals surface area contributed by atoms with Gasteiger partial charge in [-0.1, -0.05) is 0 Å². The molecule has 1 aromatic heterocycles. The molecule has 180 valence electrons. The first-order valence-corrected chi connectivity index (χ1v) is 12.1. The number of amides is 2. The number of carbonyl (C=O) groups excluding carboxylic acids is 1. The lowest BCUT2D eigenvalue weighted by Gasteiger charge is -2.26. The molecular formula is C19H22F2N4O6S2. The van der Waals surface area contributed by atoms with Gasteiger partial charge in [0.1, 0.15) is 17.2 Å². The summed E-state index contributed by atoms with van der Waals surface area (Å²) in [6.45, 7) is 4.88. The second-order valence-electron chi connectivity index (χ2n) is 8.22. The Bertz CT molecular complexity index is 1130. The molecule has 14 heteroatoms. The van der Waals surface area contributed by atoms with Crippen LogP contribution in [0.15, 0.2) is 27.9 Å². The van der Waals surface area contributed by atoms with Crippen molar-refractivity contribution in [2.75, 3.05) is 22.7 Å². The number of aromatic nitrogens is 1. The molecule has 1 saturated heterocycles. The number of sulfonamides is 1. The number of nitrogens with zero attached hydrogens (tertiary/aromatic N) is 3. The average molecular weight is 505 g/mol. The molecule has 0 aliphatic carbocycles. The van der Waals surface area contributed by atoms with Crippen molar-refractivity contribution in [3.05, 3.63) is 34.7 Å². The van der Waals surface area contributed by atoms with E-state index in [0.717, 1.165) is 28.4 Å². The minimum atomic E-state index is -5.08. The normalized spacial score (nSPS) is 16.5. The molecular weight excluding hydrogens is 482 g/mol. The highest BCUT2D eigenvalue weighted by Crippen LogP contribution is 2.31. The molecule has 0 unspecified atom stereocenters. The van der Waals surface area contributed by atoms with Crippen LogP contribution in [0.1, 0.15) is 27.2 Å². The molecule has 0 spiro atoms. The van der Waals surface area contributed by atoms with E-state index in [2.05, 4.69) is 10.3 Å². The summed E-state index contributed by atoms with van der Waals surface area (Å²) >= 11 is 0.977. The van der Waals surface area contributed by atoms with E-state index in [1.807, 2.05) is 0 Å². The zero-order valence-electron chi connectivity index (χ0n) is 17.9. The third-order valence-corrected chi connectivity index (χ3v) is 6.81. The van der Waals surface area contributed by atoms with E-state index in [4.69, 9.17) is 9.84 Å². The first-order valence-electron chi connectivity index (χ1n) is 9.69. The predicted molar refractivity (Wildman–Crippen MR) is 116 cm³/mol. The number of carbonyl (C=O) groups is 2. The molecule has 33 heavy (non-hydrogen) atoms. The van der Waals surface area contributed by atoms with E-state index in [1.54, 1.807) is 0 Å². The molecule has 10 nitrogen and oxygen atoms in total. The standard InChI is InChI=1S/C19H22F2N4O6S2/c1-19(2,3)31-18(28)25(15-9-32-10-22-15)33(29,30)16-13(20)6-12(7-14(16)21)23-11-4-5-24(8-11)17(26)27/h6-7,9-11,23H,4-5,8H2,1-3H3,(H,26,27)/t11-/m0/s1. The molecule has 1 atom stereocenters. The van der Waals surface area contributed by atoms with Gasteiger partial charge in [0.15, 0.2) is 10.7 Å². The Morgan fingerprint density at radius 2 is 1.94 bits per heavy atom. The molecule has 1 aliphatic heterocycles. The smallest absolute Gasteiger partial charge is 0.430 e. The molecule has 3 rings (SSSR count). The Kier molecular flexibility index (Phi) is 6.79. The lowest BCUT2D eigenvalue weighted by atomic mass is 10.2. The molecule has 2 heterocycles. The average Bonchev–Trinajstić information content (AvgIpc) is 3.31. The Morgan fingerprint density at radius 3 is 2.42 bits per heavy atom. The third-order valence-electron chi connectivity index (χ3n) is 4.51. The van der Waals surface area contributed by atoms with Crippen molar-refractivity contribution in [1.29, 1.82) is 0 Å². The van der Waals surface area contributed by atoms with Gasteiger partial charge in [-0.05, 0) is 39.3 Å². The van der Waals surface area contributed by atoms with Crippen molar-refractivity contribution in [2.45, 2.75) is 43.7 Å². The van der Waals surface area contributed by atoms with Crippen molar-refractivity contribution < 1.29 is 36.6 Å². The van der Waals surface area contributed by atoms with Gasteiger partial charge in [0.25, 0.3) is 10.0 Å². The van der Waals surface area contributed by atoms with E-state index >= 15 is 0 Å². The molecule has 0 saturated carbocycles. The van der Waals surface area contributed by atoms with Crippen LogP contribution in [0.25, 0.3) is 0 Å². The minimum Gasteiger partial charge on any atom is -0.465 e. The van der Waals surface area contributed by atoms with Gasteiger partial charge < -0.3 is 20.1 Å². The van der Waals surface area contributed by atoms with Crippen LogP contribution in [-0.2, 0) is 14.8 Å². The summed E-state index contributed by atoms with van der Waals surface area (Å²) in [7, 11) is -5.08. The second-order valence-corrected chi connectivity index (χ2v) is 10.7. The molecule has 2 N–H and O–H groups in total. The van der Waals surface area contributed by atoms with Crippen molar-refractivity contribution >= 4 is 45.1 Å². The van der Waals surface area contributed by atoms with Crippen molar-refractivity contribution in [3.8, 4) is 0 Å². The van der Waals surface area contributed by atoms with Gasteiger partial charge >= 0.3 is 12.2 Å². The molecule has 1 fully saturated rings. The van der Waals surface area contributed by atoms with Crippen molar-refractivity contribution in [3.63, 3.8) is 0 Å². The van der Waals surface area contributed by atoms with Crippen LogP contribution in [0.5, 0.6) is 0 Å². The van der Waals surface area contributed by atoms with Crippen LogP contribution in [0.2, 0.25) is 0 Å². The summed E-state index contributed by atoms with van der Waals surface area (Å²) in [5.74, 6) is -3.24. The highest BCUT2D eigenvalue weighted by atomic mass is 32.2.